The predicted octanol–water partition coefficient (Wildman–Crippen LogP) is 3.02. The molecule has 0 aliphatic rings. The van der Waals surface area contributed by atoms with Gasteiger partial charge in [-0.05, 0) is 46.3 Å². The summed E-state index contributed by atoms with van der Waals surface area (Å²) in [5.74, 6) is 0.0464. The molecule has 1 heterocycles. The zero-order valence-corrected chi connectivity index (χ0v) is 15.9. The Morgan fingerprint density at radius 3 is 2.48 bits per heavy atom. The van der Waals surface area contributed by atoms with Crippen LogP contribution in [-0.4, -0.2) is 39.8 Å². The number of carbonyl (C=O) groups is 1. The number of sulfonamides is 1. The van der Waals surface area contributed by atoms with Crippen LogP contribution in [0.3, 0.4) is 0 Å². The molecule has 2 aromatic rings. The number of amides is 1. The molecule has 1 amide bonds. The van der Waals surface area contributed by atoms with E-state index in [9.17, 15) is 13.2 Å². The summed E-state index contributed by atoms with van der Waals surface area (Å²) < 4.78 is 31.5. The monoisotopic (exact) mass is 418 g/mol. The van der Waals surface area contributed by atoms with Gasteiger partial charge in [0.1, 0.15) is 5.75 Å². The Bertz CT molecular complexity index is 831. The van der Waals surface area contributed by atoms with Crippen molar-refractivity contribution in [3.63, 3.8) is 0 Å². The van der Waals surface area contributed by atoms with E-state index in [2.05, 4.69) is 21.2 Å². The Labute approximate surface area is 147 Å². The van der Waals surface area contributed by atoms with Crippen LogP contribution in [0.2, 0.25) is 0 Å². The average Bonchev–Trinajstić information content (AvgIpc) is 2.93. The Morgan fingerprint density at radius 1 is 1.26 bits per heavy atom. The number of hydrogen-bond donors (Lipinski definition) is 1. The molecule has 1 aromatic carbocycles. The van der Waals surface area contributed by atoms with Crippen LogP contribution in [0.4, 0.5) is 5.69 Å². The van der Waals surface area contributed by atoms with E-state index in [4.69, 9.17) is 4.74 Å². The number of hydrogen-bond acceptors (Lipinski definition) is 5. The quantitative estimate of drug-likeness (QED) is 0.809. The highest BCUT2D eigenvalue weighted by atomic mass is 79.9. The first-order valence-electron chi connectivity index (χ1n) is 6.43. The van der Waals surface area contributed by atoms with Crippen molar-refractivity contribution in [1.29, 1.82) is 0 Å². The van der Waals surface area contributed by atoms with Gasteiger partial charge in [0.25, 0.3) is 5.91 Å². The molecule has 0 saturated carbocycles. The van der Waals surface area contributed by atoms with Crippen molar-refractivity contribution in [1.82, 2.24) is 4.31 Å². The van der Waals surface area contributed by atoms with Crippen LogP contribution >= 0.6 is 27.3 Å². The van der Waals surface area contributed by atoms with Crippen LogP contribution < -0.4 is 10.1 Å². The topological polar surface area (TPSA) is 75.7 Å². The largest absolute Gasteiger partial charge is 0.495 e. The molecule has 124 valence electrons. The van der Waals surface area contributed by atoms with Crippen molar-refractivity contribution in [3.8, 4) is 5.75 Å². The predicted molar refractivity (Wildman–Crippen MR) is 93.8 cm³/mol. The minimum atomic E-state index is -3.60. The third-order valence-corrected chi connectivity index (χ3v) is 6.43. The average molecular weight is 419 g/mol. The zero-order valence-electron chi connectivity index (χ0n) is 12.7. The van der Waals surface area contributed by atoms with Crippen molar-refractivity contribution >= 4 is 48.9 Å². The third-order valence-electron chi connectivity index (χ3n) is 2.99. The molecule has 0 radical (unpaired) electrons. The summed E-state index contributed by atoms with van der Waals surface area (Å²) in [6.07, 6.45) is 0. The Kier molecular flexibility index (Phi) is 5.45. The van der Waals surface area contributed by atoms with Gasteiger partial charge in [0.2, 0.25) is 10.0 Å². The first kappa shape index (κ1) is 17.9. The number of ether oxygens (including phenoxy) is 1. The van der Waals surface area contributed by atoms with Crippen molar-refractivity contribution < 1.29 is 17.9 Å². The van der Waals surface area contributed by atoms with Crippen molar-refractivity contribution in [2.45, 2.75) is 4.90 Å². The summed E-state index contributed by atoms with van der Waals surface area (Å²) in [7, 11) is 0.743. The van der Waals surface area contributed by atoms with Gasteiger partial charge in [-0.3, -0.25) is 4.79 Å². The molecular formula is C14H15BrN2O4S2. The molecule has 1 aromatic heterocycles. The maximum absolute atomic E-state index is 12.3. The molecule has 0 saturated heterocycles. The first-order chi connectivity index (χ1) is 10.8. The lowest BCUT2D eigenvalue weighted by Gasteiger charge is -2.15. The molecule has 0 aliphatic carbocycles. The second-order valence-corrected chi connectivity index (χ2v) is 9.32. The molecular weight excluding hydrogens is 404 g/mol. The molecule has 0 aliphatic heterocycles. The fourth-order valence-electron chi connectivity index (χ4n) is 1.78. The van der Waals surface area contributed by atoms with E-state index in [0.717, 1.165) is 8.09 Å². The SMILES string of the molecule is COc1ccc(S(=O)(=O)N(C)C)cc1NC(=O)c1ccc(Br)s1. The van der Waals surface area contributed by atoms with Gasteiger partial charge in [-0.25, -0.2) is 12.7 Å². The van der Waals surface area contributed by atoms with E-state index in [0.29, 0.717) is 16.3 Å². The molecule has 0 spiro atoms. The summed E-state index contributed by atoms with van der Waals surface area (Å²) in [4.78, 5) is 12.8. The number of nitrogens with zero attached hydrogens (tertiary/aromatic N) is 1. The lowest BCUT2D eigenvalue weighted by atomic mass is 10.3. The summed E-state index contributed by atoms with van der Waals surface area (Å²) in [5.41, 5.74) is 0.296. The highest BCUT2D eigenvalue weighted by Gasteiger charge is 2.20. The van der Waals surface area contributed by atoms with Crippen LogP contribution in [-0.2, 0) is 10.0 Å². The van der Waals surface area contributed by atoms with Crippen LogP contribution in [0.25, 0.3) is 0 Å². The number of anilines is 1. The van der Waals surface area contributed by atoms with Gasteiger partial charge < -0.3 is 10.1 Å². The van der Waals surface area contributed by atoms with E-state index in [1.165, 1.54) is 50.7 Å². The minimum absolute atomic E-state index is 0.0750. The molecule has 9 heteroatoms. The zero-order chi connectivity index (χ0) is 17.2. The lowest BCUT2D eigenvalue weighted by Crippen LogP contribution is -2.22. The lowest BCUT2D eigenvalue weighted by molar-refractivity contribution is 0.103. The van der Waals surface area contributed by atoms with E-state index in [1.807, 2.05) is 0 Å². The highest BCUT2D eigenvalue weighted by Crippen LogP contribution is 2.30. The molecule has 0 fully saturated rings. The van der Waals surface area contributed by atoms with Gasteiger partial charge in [0.05, 0.1) is 26.4 Å². The molecule has 23 heavy (non-hydrogen) atoms. The minimum Gasteiger partial charge on any atom is -0.495 e. The molecule has 0 bridgehead atoms. The van der Waals surface area contributed by atoms with Gasteiger partial charge in [0, 0.05) is 14.1 Å². The van der Waals surface area contributed by atoms with Crippen molar-refractivity contribution in [3.05, 3.63) is 39.0 Å². The molecule has 2 rings (SSSR count). The second-order valence-electron chi connectivity index (χ2n) is 4.71. The van der Waals surface area contributed by atoms with Crippen LogP contribution in [0.1, 0.15) is 9.67 Å². The standard InChI is InChI=1S/C14H15BrN2O4S2/c1-17(2)23(19,20)9-4-5-11(21-3)10(8-9)16-14(18)12-6-7-13(15)22-12/h4-8H,1-3H3,(H,16,18). The normalized spacial score (nSPS) is 11.5. The van der Waals surface area contributed by atoms with Crippen molar-refractivity contribution in [2.24, 2.45) is 0 Å². The second kappa shape index (κ2) is 7.00. The number of benzene rings is 1. The summed E-state index contributed by atoms with van der Waals surface area (Å²) in [6, 6.07) is 7.78. The molecule has 0 atom stereocenters. The fraction of sp³-hybridized carbons (Fsp3) is 0.214. The van der Waals surface area contributed by atoms with Gasteiger partial charge in [-0.2, -0.15) is 0 Å². The number of carbonyl (C=O) groups excluding carboxylic acids is 1. The van der Waals surface area contributed by atoms with Crippen LogP contribution in [0.5, 0.6) is 5.75 Å². The Morgan fingerprint density at radius 2 is 1.96 bits per heavy atom. The van der Waals surface area contributed by atoms with Crippen LogP contribution in [0.15, 0.2) is 39.0 Å². The van der Waals surface area contributed by atoms with Gasteiger partial charge in [-0.1, -0.05) is 0 Å². The number of thiophene rings is 1. The summed E-state index contributed by atoms with van der Waals surface area (Å²) in [6.45, 7) is 0. The third kappa shape index (κ3) is 3.92. The summed E-state index contributed by atoms with van der Waals surface area (Å²) in [5, 5.41) is 2.69. The number of rotatable bonds is 5. The van der Waals surface area contributed by atoms with Crippen LogP contribution in [0, 0.1) is 0 Å². The van der Waals surface area contributed by atoms with E-state index < -0.39 is 10.0 Å². The number of methoxy groups -OCH3 is 1. The van der Waals surface area contributed by atoms with E-state index in [-0.39, 0.29) is 10.8 Å². The molecule has 0 unspecified atom stereocenters. The highest BCUT2D eigenvalue weighted by molar-refractivity contribution is 9.11. The summed E-state index contributed by atoms with van der Waals surface area (Å²) >= 11 is 4.58. The molecule has 1 N–H and O–H groups in total. The maximum Gasteiger partial charge on any atom is 0.265 e. The fourth-order valence-corrected chi connectivity index (χ4v) is 3.99. The van der Waals surface area contributed by atoms with E-state index >= 15 is 0 Å². The van der Waals surface area contributed by atoms with Gasteiger partial charge >= 0.3 is 0 Å². The van der Waals surface area contributed by atoms with Gasteiger partial charge in [0.15, 0.2) is 0 Å². The first-order valence-corrected chi connectivity index (χ1v) is 9.48. The number of nitrogens with one attached hydrogen (secondary N) is 1. The Balaban J connectivity index is 2.38. The smallest absolute Gasteiger partial charge is 0.265 e. The number of halogens is 1. The van der Waals surface area contributed by atoms with Gasteiger partial charge in [-0.15, -0.1) is 11.3 Å². The molecule has 6 nitrogen and oxygen atoms in total. The van der Waals surface area contributed by atoms with E-state index in [1.54, 1.807) is 12.1 Å². The Hall–Kier alpha value is -1.42. The maximum atomic E-state index is 12.3. The van der Waals surface area contributed by atoms with Crippen molar-refractivity contribution in [2.75, 3.05) is 26.5 Å².